The number of benzene rings is 1. The van der Waals surface area contributed by atoms with Crippen molar-refractivity contribution in [3.8, 4) is 0 Å². The largest absolute Gasteiger partial charge is 0.329 e. The van der Waals surface area contributed by atoms with E-state index in [2.05, 4.69) is 31.4 Å². The molecule has 6 heteroatoms. The molecule has 0 radical (unpaired) electrons. The van der Waals surface area contributed by atoms with Gasteiger partial charge in [-0.15, -0.1) is 0 Å². The van der Waals surface area contributed by atoms with Gasteiger partial charge in [-0.2, -0.15) is 0 Å². The Bertz CT molecular complexity index is 553. The van der Waals surface area contributed by atoms with Crippen molar-refractivity contribution in [3.63, 3.8) is 0 Å². The van der Waals surface area contributed by atoms with Crippen LogP contribution in [0.3, 0.4) is 0 Å². The summed E-state index contributed by atoms with van der Waals surface area (Å²) in [6.45, 7) is 6.99. The molecule has 0 bridgehead atoms. The third kappa shape index (κ3) is 3.82. The molecule has 2 rings (SSSR count). The minimum absolute atomic E-state index is 0.0609. The zero-order valence-electron chi connectivity index (χ0n) is 13.1. The molecule has 1 heterocycles. The summed E-state index contributed by atoms with van der Waals surface area (Å²) >= 11 is 0. The van der Waals surface area contributed by atoms with Crippen molar-refractivity contribution >= 4 is 11.9 Å². The molecule has 0 spiro atoms. The molecular weight excluding hydrogens is 285 g/mol. The normalized spacial score (nSPS) is 16.8. The van der Waals surface area contributed by atoms with Crippen LogP contribution < -0.4 is 10.6 Å². The zero-order chi connectivity index (χ0) is 16.3. The van der Waals surface area contributed by atoms with E-state index in [9.17, 15) is 14.0 Å². The summed E-state index contributed by atoms with van der Waals surface area (Å²) in [4.78, 5) is 24.2. The average molecular weight is 307 g/mol. The van der Waals surface area contributed by atoms with Crippen molar-refractivity contribution in [3.05, 3.63) is 35.6 Å². The third-order valence-corrected chi connectivity index (χ3v) is 3.67. The molecule has 1 unspecified atom stereocenters. The van der Waals surface area contributed by atoms with Crippen LogP contribution in [-0.4, -0.2) is 36.5 Å². The first-order valence-corrected chi connectivity index (χ1v) is 7.36. The number of nitrogens with one attached hydrogen (secondary N) is 2. The van der Waals surface area contributed by atoms with Crippen LogP contribution in [0.15, 0.2) is 24.3 Å². The van der Waals surface area contributed by atoms with Crippen molar-refractivity contribution in [1.29, 1.82) is 0 Å². The predicted octanol–water partition coefficient (Wildman–Crippen LogP) is 2.05. The Labute approximate surface area is 129 Å². The summed E-state index contributed by atoms with van der Waals surface area (Å²) in [6, 6.07) is 6.05. The van der Waals surface area contributed by atoms with Crippen LogP contribution in [0.4, 0.5) is 9.18 Å². The Morgan fingerprint density at radius 1 is 1.36 bits per heavy atom. The molecule has 1 saturated heterocycles. The van der Waals surface area contributed by atoms with Gasteiger partial charge in [0.05, 0.1) is 6.54 Å². The smallest absolute Gasteiger partial charge is 0.324 e. The number of imide groups is 1. The molecule has 5 nitrogen and oxygen atoms in total. The summed E-state index contributed by atoms with van der Waals surface area (Å²) < 4.78 is 13.5. The molecule has 2 N–H and O–H groups in total. The summed E-state index contributed by atoms with van der Waals surface area (Å²) in [5, 5.41) is 5.82. The fourth-order valence-electron chi connectivity index (χ4n) is 2.61. The lowest BCUT2D eigenvalue weighted by molar-refractivity contribution is -0.124. The molecule has 120 valence electrons. The predicted molar refractivity (Wildman–Crippen MR) is 81.7 cm³/mol. The van der Waals surface area contributed by atoms with E-state index in [1.165, 1.54) is 17.0 Å². The highest BCUT2D eigenvalue weighted by atomic mass is 19.1. The second-order valence-corrected chi connectivity index (χ2v) is 6.51. The van der Waals surface area contributed by atoms with E-state index in [-0.39, 0.29) is 35.8 Å². The van der Waals surface area contributed by atoms with Gasteiger partial charge in [0.25, 0.3) is 0 Å². The Kier molecular flexibility index (Phi) is 4.81. The van der Waals surface area contributed by atoms with Crippen molar-refractivity contribution in [2.75, 3.05) is 19.6 Å². The standard InChI is InChI=1S/C16H22FN3O2/c1-16(2,3)14(11-5-4-6-12(17)9-11)18-7-8-20-13(21)10-19-15(20)22/h4-6,9,14,18H,7-8,10H2,1-3H3,(H,19,22). The Morgan fingerprint density at radius 3 is 2.64 bits per heavy atom. The van der Waals surface area contributed by atoms with Crippen LogP contribution in [-0.2, 0) is 4.79 Å². The second-order valence-electron chi connectivity index (χ2n) is 6.51. The highest BCUT2D eigenvalue weighted by molar-refractivity contribution is 6.01. The molecule has 1 atom stereocenters. The number of hydrogen-bond acceptors (Lipinski definition) is 3. The first-order valence-electron chi connectivity index (χ1n) is 7.36. The third-order valence-electron chi connectivity index (χ3n) is 3.67. The maximum Gasteiger partial charge on any atom is 0.324 e. The highest BCUT2D eigenvalue weighted by Gasteiger charge is 2.30. The fraction of sp³-hybridized carbons (Fsp3) is 0.500. The van der Waals surface area contributed by atoms with Gasteiger partial charge in [0.1, 0.15) is 5.82 Å². The van der Waals surface area contributed by atoms with Crippen LogP contribution in [0.25, 0.3) is 0 Å². The molecular formula is C16H22FN3O2. The molecule has 1 aliphatic rings. The van der Waals surface area contributed by atoms with Crippen molar-refractivity contribution in [2.24, 2.45) is 5.41 Å². The van der Waals surface area contributed by atoms with Gasteiger partial charge in [-0.3, -0.25) is 9.69 Å². The minimum atomic E-state index is -0.357. The second kappa shape index (κ2) is 6.44. The maximum atomic E-state index is 13.5. The van der Waals surface area contributed by atoms with Crippen molar-refractivity contribution in [1.82, 2.24) is 15.5 Å². The van der Waals surface area contributed by atoms with Gasteiger partial charge in [0.2, 0.25) is 5.91 Å². The molecule has 0 aliphatic carbocycles. The molecule has 0 saturated carbocycles. The Morgan fingerprint density at radius 2 is 2.09 bits per heavy atom. The van der Waals surface area contributed by atoms with E-state index < -0.39 is 0 Å². The van der Waals surface area contributed by atoms with Gasteiger partial charge in [0.15, 0.2) is 0 Å². The average Bonchev–Trinajstić information content (AvgIpc) is 2.73. The zero-order valence-corrected chi connectivity index (χ0v) is 13.1. The molecule has 1 aliphatic heterocycles. The number of halogens is 1. The van der Waals surface area contributed by atoms with E-state index in [0.29, 0.717) is 13.1 Å². The first-order chi connectivity index (χ1) is 10.3. The van der Waals surface area contributed by atoms with E-state index >= 15 is 0 Å². The number of rotatable bonds is 5. The molecule has 3 amide bonds. The van der Waals surface area contributed by atoms with Crippen LogP contribution in [0.5, 0.6) is 0 Å². The number of hydrogen-bond donors (Lipinski definition) is 2. The van der Waals surface area contributed by atoms with Gasteiger partial charge in [0, 0.05) is 19.1 Å². The van der Waals surface area contributed by atoms with E-state index in [0.717, 1.165) is 5.56 Å². The van der Waals surface area contributed by atoms with E-state index in [4.69, 9.17) is 0 Å². The summed E-state index contributed by atoms with van der Waals surface area (Å²) in [5.41, 5.74) is 0.718. The summed E-state index contributed by atoms with van der Waals surface area (Å²) in [6.07, 6.45) is 0. The van der Waals surface area contributed by atoms with Gasteiger partial charge in [-0.1, -0.05) is 32.9 Å². The van der Waals surface area contributed by atoms with Crippen molar-refractivity contribution < 1.29 is 14.0 Å². The molecule has 1 aromatic carbocycles. The van der Waals surface area contributed by atoms with Crippen LogP contribution in [0, 0.1) is 11.2 Å². The van der Waals surface area contributed by atoms with Crippen LogP contribution >= 0.6 is 0 Å². The topological polar surface area (TPSA) is 61.4 Å². The molecule has 1 fully saturated rings. The number of amides is 3. The minimum Gasteiger partial charge on any atom is -0.329 e. The molecule has 0 aromatic heterocycles. The van der Waals surface area contributed by atoms with Gasteiger partial charge < -0.3 is 10.6 Å². The van der Waals surface area contributed by atoms with Gasteiger partial charge in [-0.25, -0.2) is 9.18 Å². The number of carbonyl (C=O) groups excluding carboxylic acids is 2. The Balaban J connectivity index is 2.02. The maximum absolute atomic E-state index is 13.5. The fourth-order valence-corrected chi connectivity index (χ4v) is 2.61. The quantitative estimate of drug-likeness (QED) is 0.819. The molecule has 1 aromatic rings. The number of carbonyl (C=O) groups is 2. The summed E-state index contributed by atoms with van der Waals surface area (Å²) in [7, 11) is 0. The lowest BCUT2D eigenvalue weighted by Gasteiger charge is -2.32. The lowest BCUT2D eigenvalue weighted by Crippen LogP contribution is -2.40. The molecule has 22 heavy (non-hydrogen) atoms. The Hall–Kier alpha value is -1.95. The monoisotopic (exact) mass is 307 g/mol. The van der Waals surface area contributed by atoms with Crippen LogP contribution in [0.2, 0.25) is 0 Å². The number of nitrogens with zero attached hydrogens (tertiary/aromatic N) is 1. The van der Waals surface area contributed by atoms with Gasteiger partial charge in [-0.05, 0) is 23.1 Å². The summed E-state index contributed by atoms with van der Waals surface area (Å²) in [5.74, 6) is -0.493. The lowest BCUT2D eigenvalue weighted by atomic mass is 9.82. The first kappa shape index (κ1) is 16.4. The highest BCUT2D eigenvalue weighted by Crippen LogP contribution is 2.32. The van der Waals surface area contributed by atoms with Gasteiger partial charge >= 0.3 is 6.03 Å². The number of urea groups is 1. The van der Waals surface area contributed by atoms with Crippen LogP contribution in [0.1, 0.15) is 32.4 Å². The SMILES string of the molecule is CC(C)(C)C(NCCN1C(=O)CNC1=O)c1cccc(F)c1. The van der Waals surface area contributed by atoms with E-state index in [1.807, 2.05) is 6.07 Å². The van der Waals surface area contributed by atoms with Crippen molar-refractivity contribution in [2.45, 2.75) is 26.8 Å². The van der Waals surface area contributed by atoms with E-state index in [1.54, 1.807) is 6.07 Å².